The van der Waals surface area contributed by atoms with Crippen LogP contribution in [0, 0.1) is 0 Å². The predicted molar refractivity (Wildman–Crippen MR) is 98.5 cm³/mol. The van der Waals surface area contributed by atoms with Crippen molar-refractivity contribution in [3.8, 4) is 5.75 Å². The van der Waals surface area contributed by atoms with Crippen LogP contribution in [0.15, 0.2) is 24.3 Å². The Morgan fingerprint density at radius 1 is 1.24 bits per heavy atom. The van der Waals surface area contributed by atoms with Crippen molar-refractivity contribution in [2.24, 2.45) is 0 Å². The van der Waals surface area contributed by atoms with Gasteiger partial charge in [-0.1, -0.05) is 12.1 Å². The van der Waals surface area contributed by atoms with Crippen molar-refractivity contribution in [2.45, 2.75) is 32.2 Å². The minimum Gasteiger partial charge on any atom is -0.494 e. The Bertz CT molecular complexity index is 652. The molecule has 0 saturated carbocycles. The molecule has 1 atom stereocenters. The van der Waals surface area contributed by atoms with Gasteiger partial charge in [0.2, 0.25) is 5.91 Å². The lowest BCUT2D eigenvalue weighted by Gasteiger charge is -2.28. The molecule has 2 rings (SSSR count). The van der Waals surface area contributed by atoms with E-state index in [9.17, 15) is 13.2 Å². The molecule has 7 heteroatoms. The van der Waals surface area contributed by atoms with Crippen molar-refractivity contribution in [1.82, 2.24) is 10.2 Å². The minimum absolute atomic E-state index is 0.00876. The highest BCUT2D eigenvalue weighted by molar-refractivity contribution is 7.90. The number of nitrogens with one attached hydrogen (secondary N) is 1. The Balaban J connectivity index is 1.99. The third kappa shape index (κ3) is 6.66. The zero-order valence-electron chi connectivity index (χ0n) is 15.0. The molecule has 1 N–H and O–H groups in total. The molecule has 1 fully saturated rings. The molecular weight excluding hydrogens is 340 g/mol. The van der Waals surface area contributed by atoms with Crippen molar-refractivity contribution < 1.29 is 17.9 Å². The second kappa shape index (κ2) is 9.20. The van der Waals surface area contributed by atoms with Crippen molar-refractivity contribution in [2.75, 3.05) is 38.2 Å². The Morgan fingerprint density at radius 2 is 1.88 bits per heavy atom. The van der Waals surface area contributed by atoms with Gasteiger partial charge in [0.05, 0.1) is 18.4 Å². The molecule has 1 heterocycles. The van der Waals surface area contributed by atoms with E-state index < -0.39 is 9.84 Å². The third-order valence-corrected chi connectivity index (χ3v) is 5.30. The summed E-state index contributed by atoms with van der Waals surface area (Å²) < 4.78 is 27.9. The predicted octanol–water partition coefficient (Wildman–Crippen LogP) is 1.77. The van der Waals surface area contributed by atoms with E-state index in [1.165, 1.54) is 0 Å². The molecule has 1 unspecified atom stereocenters. The van der Waals surface area contributed by atoms with Crippen LogP contribution in [0.2, 0.25) is 0 Å². The van der Waals surface area contributed by atoms with E-state index in [0.717, 1.165) is 43.5 Å². The maximum atomic E-state index is 12.0. The molecule has 1 saturated heterocycles. The van der Waals surface area contributed by atoms with E-state index in [0.29, 0.717) is 13.2 Å². The number of rotatable bonds is 9. The molecule has 1 aliphatic heterocycles. The van der Waals surface area contributed by atoms with Crippen LogP contribution < -0.4 is 10.1 Å². The van der Waals surface area contributed by atoms with Gasteiger partial charge in [0, 0.05) is 19.2 Å². The molecule has 0 aromatic heterocycles. The number of benzene rings is 1. The summed E-state index contributed by atoms with van der Waals surface area (Å²) >= 11 is 0. The summed E-state index contributed by atoms with van der Waals surface area (Å²) in [6, 6.07) is 8.08. The van der Waals surface area contributed by atoms with Gasteiger partial charge in [-0.05, 0) is 50.6 Å². The van der Waals surface area contributed by atoms with Crippen LogP contribution in [0.4, 0.5) is 0 Å². The average Bonchev–Trinajstić information content (AvgIpc) is 3.08. The van der Waals surface area contributed by atoms with E-state index >= 15 is 0 Å². The fourth-order valence-electron chi connectivity index (χ4n) is 3.04. The number of hydrogen-bond acceptors (Lipinski definition) is 5. The fraction of sp³-hybridized carbons (Fsp3) is 0.611. The monoisotopic (exact) mass is 368 g/mol. The van der Waals surface area contributed by atoms with E-state index in [2.05, 4.69) is 10.2 Å². The SMILES string of the molecule is CCOc1ccc(C(CNC(=O)CCS(C)(=O)=O)N2CCCC2)cc1. The van der Waals surface area contributed by atoms with Crippen molar-refractivity contribution >= 4 is 15.7 Å². The lowest BCUT2D eigenvalue weighted by molar-refractivity contribution is -0.120. The summed E-state index contributed by atoms with van der Waals surface area (Å²) in [5, 5.41) is 2.89. The standard InChI is InChI=1S/C18H28N2O4S/c1-3-24-16-8-6-15(7-9-16)17(20-11-4-5-12-20)14-19-18(21)10-13-25(2,22)23/h6-9,17H,3-5,10-14H2,1-2H3,(H,19,21). The van der Waals surface area contributed by atoms with Gasteiger partial charge in [-0.25, -0.2) is 8.42 Å². The molecule has 0 radical (unpaired) electrons. The van der Waals surface area contributed by atoms with Crippen LogP contribution in [0.3, 0.4) is 0 Å². The highest BCUT2D eigenvalue weighted by atomic mass is 32.2. The van der Waals surface area contributed by atoms with Gasteiger partial charge in [-0.15, -0.1) is 0 Å². The molecule has 140 valence electrons. The summed E-state index contributed by atoms with van der Waals surface area (Å²) in [6.45, 7) is 5.09. The number of carbonyl (C=O) groups excluding carboxylic acids is 1. The number of sulfone groups is 1. The van der Waals surface area contributed by atoms with E-state index in [-0.39, 0.29) is 24.1 Å². The maximum absolute atomic E-state index is 12.0. The van der Waals surface area contributed by atoms with E-state index in [1.807, 2.05) is 31.2 Å². The zero-order valence-corrected chi connectivity index (χ0v) is 15.8. The number of carbonyl (C=O) groups is 1. The first-order valence-corrected chi connectivity index (χ1v) is 10.9. The van der Waals surface area contributed by atoms with Crippen LogP contribution in [-0.4, -0.2) is 57.5 Å². The number of amides is 1. The first kappa shape index (κ1) is 19.7. The van der Waals surface area contributed by atoms with Crippen LogP contribution >= 0.6 is 0 Å². The lowest BCUT2D eigenvalue weighted by atomic mass is 10.1. The van der Waals surface area contributed by atoms with Crippen LogP contribution in [0.5, 0.6) is 5.75 Å². The smallest absolute Gasteiger partial charge is 0.221 e. The largest absolute Gasteiger partial charge is 0.494 e. The molecule has 0 bridgehead atoms. The Hall–Kier alpha value is -1.60. The second-order valence-corrected chi connectivity index (χ2v) is 8.70. The van der Waals surface area contributed by atoms with Crippen molar-refractivity contribution in [3.63, 3.8) is 0 Å². The lowest BCUT2D eigenvalue weighted by Crippen LogP contribution is -2.37. The molecule has 1 amide bonds. The van der Waals surface area contributed by atoms with Gasteiger partial charge >= 0.3 is 0 Å². The topological polar surface area (TPSA) is 75.7 Å². The first-order chi connectivity index (χ1) is 11.9. The molecule has 0 spiro atoms. The molecular formula is C18H28N2O4S. The Labute approximate surface area is 150 Å². The Kier molecular flexibility index (Phi) is 7.25. The molecule has 0 aliphatic carbocycles. The molecule has 25 heavy (non-hydrogen) atoms. The first-order valence-electron chi connectivity index (χ1n) is 8.80. The molecule has 1 aliphatic rings. The second-order valence-electron chi connectivity index (χ2n) is 6.44. The maximum Gasteiger partial charge on any atom is 0.221 e. The van der Waals surface area contributed by atoms with E-state index in [4.69, 9.17) is 4.74 Å². The summed E-state index contributed by atoms with van der Waals surface area (Å²) in [6.07, 6.45) is 3.48. The van der Waals surface area contributed by atoms with Gasteiger partial charge in [0.25, 0.3) is 0 Å². The molecule has 1 aromatic rings. The summed E-state index contributed by atoms with van der Waals surface area (Å²) in [5.74, 6) is 0.500. The number of ether oxygens (including phenoxy) is 1. The highest BCUT2D eigenvalue weighted by Gasteiger charge is 2.24. The third-order valence-electron chi connectivity index (χ3n) is 4.35. The van der Waals surface area contributed by atoms with E-state index in [1.54, 1.807) is 0 Å². The average molecular weight is 368 g/mol. The number of nitrogens with zero attached hydrogens (tertiary/aromatic N) is 1. The number of hydrogen-bond donors (Lipinski definition) is 1. The summed E-state index contributed by atoms with van der Waals surface area (Å²) in [7, 11) is -3.12. The van der Waals surface area contributed by atoms with Gasteiger partial charge in [-0.2, -0.15) is 0 Å². The summed E-state index contributed by atoms with van der Waals surface area (Å²) in [4.78, 5) is 14.3. The fourth-order valence-corrected chi connectivity index (χ4v) is 3.60. The van der Waals surface area contributed by atoms with Crippen LogP contribution in [-0.2, 0) is 14.6 Å². The van der Waals surface area contributed by atoms with Crippen molar-refractivity contribution in [3.05, 3.63) is 29.8 Å². The quantitative estimate of drug-likeness (QED) is 0.719. The normalized spacial score (nSPS) is 16.6. The van der Waals surface area contributed by atoms with Crippen LogP contribution in [0.25, 0.3) is 0 Å². The van der Waals surface area contributed by atoms with Gasteiger partial charge in [0.15, 0.2) is 0 Å². The highest BCUT2D eigenvalue weighted by Crippen LogP contribution is 2.26. The van der Waals surface area contributed by atoms with Gasteiger partial charge in [-0.3, -0.25) is 9.69 Å². The van der Waals surface area contributed by atoms with Crippen molar-refractivity contribution in [1.29, 1.82) is 0 Å². The summed E-state index contributed by atoms with van der Waals surface area (Å²) in [5.41, 5.74) is 1.13. The number of likely N-dealkylation sites (tertiary alicyclic amines) is 1. The van der Waals surface area contributed by atoms with Gasteiger partial charge < -0.3 is 10.1 Å². The van der Waals surface area contributed by atoms with Gasteiger partial charge in [0.1, 0.15) is 15.6 Å². The molecule has 1 aromatic carbocycles. The minimum atomic E-state index is -3.12. The zero-order chi connectivity index (χ0) is 18.3. The molecule has 6 nitrogen and oxygen atoms in total. The Morgan fingerprint density at radius 3 is 2.44 bits per heavy atom. The van der Waals surface area contributed by atoms with Crippen LogP contribution in [0.1, 0.15) is 37.8 Å².